The van der Waals surface area contributed by atoms with Crippen molar-refractivity contribution >= 4 is 46.2 Å². The van der Waals surface area contributed by atoms with E-state index in [-0.39, 0.29) is 17.6 Å². The zero-order valence-electron chi connectivity index (χ0n) is 21.0. The maximum absolute atomic E-state index is 14.4. The minimum absolute atomic E-state index is 0.0679. The Kier molecular flexibility index (Phi) is 8.35. The molecule has 1 saturated carbocycles. The van der Waals surface area contributed by atoms with Crippen molar-refractivity contribution in [2.45, 2.75) is 44.8 Å². The molecule has 2 aliphatic rings. The van der Waals surface area contributed by atoms with Gasteiger partial charge in [-0.3, -0.25) is 9.69 Å². The van der Waals surface area contributed by atoms with Crippen LogP contribution in [-0.4, -0.2) is 29.1 Å². The van der Waals surface area contributed by atoms with Gasteiger partial charge in [-0.1, -0.05) is 61.2 Å². The van der Waals surface area contributed by atoms with E-state index in [1.54, 1.807) is 30.2 Å². The molecule has 1 heterocycles. The van der Waals surface area contributed by atoms with Crippen LogP contribution in [0.3, 0.4) is 0 Å². The number of halogens is 2. The summed E-state index contributed by atoms with van der Waals surface area (Å²) in [6, 6.07) is 19.5. The van der Waals surface area contributed by atoms with Crippen LogP contribution < -0.4 is 9.47 Å². The smallest absolute Gasteiger partial charge is 0.267 e. The molecule has 1 amide bonds. The van der Waals surface area contributed by atoms with Gasteiger partial charge in [0.1, 0.15) is 18.1 Å². The SMILES string of the molecule is COc1cc(/C=C2\SC(=Nc3ccccc3F)N(C3CCCCC3)C2=O)ccc1OCc1ccc(Cl)cc1. The summed E-state index contributed by atoms with van der Waals surface area (Å²) in [6.45, 7) is 0.370. The van der Waals surface area contributed by atoms with Crippen molar-refractivity contribution in [1.82, 2.24) is 4.90 Å². The number of hydrogen-bond donors (Lipinski definition) is 0. The molecule has 3 aromatic rings. The average Bonchev–Trinajstić information content (AvgIpc) is 3.24. The highest BCUT2D eigenvalue weighted by Gasteiger charge is 2.38. The van der Waals surface area contributed by atoms with Crippen molar-refractivity contribution < 1.29 is 18.7 Å². The topological polar surface area (TPSA) is 51.1 Å². The van der Waals surface area contributed by atoms with E-state index in [9.17, 15) is 9.18 Å². The summed E-state index contributed by atoms with van der Waals surface area (Å²) < 4.78 is 25.9. The van der Waals surface area contributed by atoms with Gasteiger partial charge in [-0.25, -0.2) is 9.38 Å². The summed E-state index contributed by atoms with van der Waals surface area (Å²) in [5, 5.41) is 1.19. The third-order valence-corrected chi connectivity index (χ3v) is 7.87. The third kappa shape index (κ3) is 6.05. The monoisotopic (exact) mass is 550 g/mol. The van der Waals surface area contributed by atoms with E-state index < -0.39 is 5.82 Å². The minimum Gasteiger partial charge on any atom is -0.493 e. The van der Waals surface area contributed by atoms with Crippen LogP contribution >= 0.6 is 23.4 Å². The lowest BCUT2D eigenvalue weighted by Gasteiger charge is -2.30. The van der Waals surface area contributed by atoms with E-state index in [1.165, 1.54) is 24.2 Å². The summed E-state index contributed by atoms with van der Waals surface area (Å²) in [6.07, 6.45) is 6.98. The zero-order valence-corrected chi connectivity index (χ0v) is 22.6. The highest BCUT2D eigenvalue weighted by atomic mass is 35.5. The minimum atomic E-state index is -0.409. The molecule has 1 aliphatic carbocycles. The van der Waals surface area contributed by atoms with E-state index >= 15 is 0 Å². The summed E-state index contributed by atoms with van der Waals surface area (Å²) in [4.78, 5) is 20.5. The maximum Gasteiger partial charge on any atom is 0.267 e. The van der Waals surface area contributed by atoms with Crippen molar-refractivity contribution in [3.05, 3.63) is 93.6 Å². The van der Waals surface area contributed by atoms with E-state index in [0.717, 1.165) is 36.8 Å². The number of amides is 1. The first kappa shape index (κ1) is 26.3. The number of thioether (sulfide) groups is 1. The molecule has 0 spiro atoms. The lowest BCUT2D eigenvalue weighted by Crippen LogP contribution is -2.40. The molecule has 0 aromatic heterocycles. The van der Waals surface area contributed by atoms with Crippen LogP contribution in [0, 0.1) is 5.82 Å². The van der Waals surface area contributed by atoms with Crippen LogP contribution in [0.1, 0.15) is 43.2 Å². The molecule has 2 fully saturated rings. The van der Waals surface area contributed by atoms with Crippen molar-refractivity contribution in [2.75, 3.05) is 7.11 Å². The van der Waals surface area contributed by atoms with Crippen molar-refractivity contribution in [2.24, 2.45) is 4.99 Å². The maximum atomic E-state index is 14.4. The molecule has 0 N–H and O–H groups in total. The van der Waals surface area contributed by atoms with Crippen molar-refractivity contribution in [3.8, 4) is 11.5 Å². The van der Waals surface area contributed by atoms with Crippen LogP contribution in [0.5, 0.6) is 11.5 Å². The molecule has 3 aromatic carbocycles. The lowest BCUT2D eigenvalue weighted by atomic mass is 9.94. The molecule has 8 heteroatoms. The number of benzene rings is 3. The number of methoxy groups -OCH3 is 1. The quantitative estimate of drug-likeness (QED) is 0.280. The highest BCUT2D eigenvalue weighted by molar-refractivity contribution is 8.18. The number of rotatable bonds is 7. The molecule has 1 saturated heterocycles. The fourth-order valence-electron chi connectivity index (χ4n) is 4.66. The van der Waals surface area contributed by atoms with Gasteiger partial charge in [0.25, 0.3) is 5.91 Å². The van der Waals surface area contributed by atoms with Crippen LogP contribution in [0.25, 0.3) is 6.08 Å². The van der Waals surface area contributed by atoms with Gasteiger partial charge in [-0.2, -0.15) is 0 Å². The Morgan fingerprint density at radius 1 is 1.05 bits per heavy atom. The van der Waals surface area contributed by atoms with Crippen molar-refractivity contribution in [1.29, 1.82) is 0 Å². The van der Waals surface area contributed by atoms with E-state index in [1.807, 2.05) is 48.5 Å². The van der Waals surface area contributed by atoms with Gasteiger partial charge in [0.2, 0.25) is 0 Å². The third-order valence-electron chi connectivity index (χ3n) is 6.64. The molecule has 0 atom stereocenters. The molecular weight excluding hydrogens is 523 g/mol. The predicted octanol–water partition coefficient (Wildman–Crippen LogP) is 8.00. The summed E-state index contributed by atoms with van der Waals surface area (Å²) >= 11 is 7.25. The second-order valence-electron chi connectivity index (χ2n) is 9.25. The Labute approximate surface area is 231 Å². The molecule has 1 aliphatic heterocycles. The molecule has 0 bridgehead atoms. The van der Waals surface area contributed by atoms with E-state index in [2.05, 4.69) is 4.99 Å². The van der Waals surface area contributed by atoms with Gasteiger partial charge in [0.15, 0.2) is 16.7 Å². The molecular formula is C30H28ClFN2O3S. The number of nitrogens with zero attached hydrogens (tertiary/aromatic N) is 2. The first-order valence-electron chi connectivity index (χ1n) is 12.6. The summed E-state index contributed by atoms with van der Waals surface area (Å²) in [5.74, 6) is 0.654. The molecule has 5 rings (SSSR count). The molecule has 5 nitrogen and oxygen atoms in total. The number of para-hydroxylation sites is 1. The van der Waals surface area contributed by atoms with Crippen LogP contribution in [0.15, 0.2) is 76.6 Å². The number of amidine groups is 1. The predicted molar refractivity (Wildman–Crippen MR) is 152 cm³/mol. The van der Waals surface area contributed by atoms with E-state index in [4.69, 9.17) is 21.1 Å². The second kappa shape index (κ2) is 12.0. The standard InChI is InChI=1S/C30H28ClFN2O3S/c1-36-27-17-21(13-16-26(27)37-19-20-11-14-22(31)15-12-20)18-28-29(35)34(23-7-3-2-4-8-23)30(38-28)33-25-10-6-5-9-24(25)32/h5-6,9-18,23H,2-4,7-8,19H2,1H3/b28-18-,33-30?. The largest absolute Gasteiger partial charge is 0.493 e. The lowest BCUT2D eigenvalue weighted by molar-refractivity contribution is -0.124. The molecule has 0 unspecified atom stereocenters. The van der Waals surface area contributed by atoms with Crippen LogP contribution in [0.2, 0.25) is 5.02 Å². The van der Waals surface area contributed by atoms with Gasteiger partial charge < -0.3 is 9.47 Å². The number of carbonyl (C=O) groups is 1. The number of ether oxygens (including phenoxy) is 2. The highest BCUT2D eigenvalue weighted by Crippen LogP contribution is 2.39. The van der Waals surface area contributed by atoms with Gasteiger partial charge in [0, 0.05) is 11.1 Å². The first-order chi connectivity index (χ1) is 18.5. The first-order valence-corrected chi connectivity index (χ1v) is 13.8. The molecule has 196 valence electrons. The Morgan fingerprint density at radius 3 is 2.55 bits per heavy atom. The van der Waals surface area contributed by atoms with Crippen LogP contribution in [-0.2, 0) is 11.4 Å². The zero-order chi connectivity index (χ0) is 26.5. The molecule has 38 heavy (non-hydrogen) atoms. The van der Waals surface area contributed by atoms with Gasteiger partial charge in [0.05, 0.1) is 12.0 Å². The van der Waals surface area contributed by atoms with E-state index in [0.29, 0.717) is 33.2 Å². The number of hydrogen-bond acceptors (Lipinski definition) is 5. The Balaban J connectivity index is 1.40. The summed E-state index contributed by atoms with van der Waals surface area (Å²) in [5.41, 5.74) is 2.01. The number of aliphatic imine (C=N–C) groups is 1. The second-order valence-corrected chi connectivity index (χ2v) is 10.7. The Morgan fingerprint density at radius 2 is 1.82 bits per heavy atom. The fraction of sp³-hybridized carbons (Fsp3) is 0.267. The Hall–Kier alpha value is -3.29. The molecule has 0 radical (unpaired) electrons. The fourth-order valence-corrected chi connectivity index (χ4v) is 5.84. The summed E-state index contributed by atoms with van der Waals surface area (Å²) in [7, 11) is 1.58. The van der Waals surface area contributed by atoms with Gasteiger partial charge >= 0.3 is 0 Å². The van der Waals surface area contributed by atoms with Crippen molar-refractivity contribution in [3.63, 3.8) is 0 Å². The van der Waals surface area contributed by atoms with Crippen LogP contribution in [0.4, 0.5) is 10.1 Å². The Bertz CT molecular complexity index is 1370. The normalized spacial score (nSPS) is 18.4. The van der Waals surface area contributed by atoms with Gasteiger partial charge in [-0.15, -0.1) is 0 Å². The number of carbonyl (C=O) groups excluding carboxylic acids is 1. The average molecular weight is 551 g/mol. The van der Waals surface area contributed by atoms with Gasteiger partial charge in [-0.05, 0) is 78.2 Å².